The lowest BCUT2D eigenvalue weighted by Gasteiger charge is -2.36. The van der Waals surface area contributed by atoms with E-state index in [1.165, 1.54) is 72.3 Å². The van der Waals surface area contributed by atoms with Crippen molar-refractivity contribution < 1.29 is 0 Å². The number of rotatable bonds is 3. The van der Waals surface area contributed by atoms with Gasteiger partial charge in [-0.15, -0.1) is 0 Å². The quantitative estimate of drug-likeness (QED) is 0.213. The van der Waals surface area contributed by atoms with Gasteiger partial charge < -0.3 is 4.90 Å². The molecule has 0 amide bonds. The fraction of sp³-hybridized carbons (Fsp3) is 0.0714. The first-order chi connectivity index (χ1) is 21.6. The van der Waals surface area contributed by atoms with E-state index in [-0.39, 0.29) is 5.41 Å². The largest absolute Gasteiger partial charge is 0.309 e. The van der Waals surface area contributed by atoms with E-state index >= 15 is 0 Å². The number of anilines is 3. The zero-order valence-corrected chi connectivity index (χ0v) is 24.8. The molecule has 7 aromatic rings. The van der Waals surface area contributed by atoms with E-state index in [0.29, 0.717) is 0 Å². The van der Waals surface area contributed by atoms with Crippen LogP contribution in [0.1, 0.15) is 25.0 Å². The number of aromatic nitrogens is 1. The lowest BCUT2D eigenvalue weighted by atomic mass is 9.80. The molecule has 208 valence electrons. The molecular formula is C42H30N2. The number of pyridine rings is 1. The first-order valence-electron chi connectivity index (χ1n) is 15.3. The Kier molecular flexibility index (Phi) is 5.28. The van der Waals surface area contributed by atoms with E-state index in [9.17, 15) is 0 Å². The molecule has 1 aliphatic heterocycles. The average Bonchev–Trinajstić information content (AvgIpc) is 3.32. The Morgan fingerprint density at radius 2 is 1.27 bits per heavy atom. The van der Waals surface area contributed by atoms with Gasteiger partial charge in [-0.2, -0.15) is 0 Å². The Hall–Kier alpha value is -5.47. The van der Waals surface area contributed by atoms with Crippen molar-refractivity contribution in [1.82, 2.24) is 4.98 Å². The molecule has 1 aliphatic carbocycles. The highest BCUT2D eigenvalue weighted by Crippen LogP contribution is 2.60. The maximum atomic E-state index is 4.71. The molecule has 9 rings (SSSR count). The summed E-state index contributed by atoms with van der Waals surface area (Å²) in [6.45, 7) is 4.72. The van der Waals surface area contributed by atoms with Gasteiger partial charge in [0.25, 0.3) is 0 Å². The second kappa shape index (κ2) is 9.26. The van der Waals surface area contributed by atoms with Crippen LogP contribution in [-0.4, -0.2) is 4.98 Å². The first kappa shape index (κ1) is 25.1. The third kappa shape index (κ3) is 3.46. The SMILES string of the molecule is CC1(C)c2ccccc2-c2c1ccc1c2N(c2ccccc2)c2cccc3c(-c4ccnc(-c5ccccc5)c4)ccc-1c23. The van der Waals surface area contributed by atoms with Crippen LogP contribution in [0.25, 0.3) is 55.4 Å². The monoisotopic (exact) mass is 562 g/mol. The van der Waals surface area contributed by atoms with Gasteiger partial charge in [0, 0.05) is 39.4 Å². The number of para-hydroxylation sites is 1. The van der Waals surface area contributed by atoms with E-state index in [1.807, 2.05) is 12.3 Å². The molecule has 0 N–H and O–H groups in total. The van der Waals surface area contributed by atoms with Crippen molar-refractivity contribution in [1.29, 1.82) is 0 Å². The van der Waals surface area contributed by atoms with Crippen molar-refractivity contribution in [2.45, 2.75) is 19.3 Å². The lowest BCUT2D eigenvalue weighted by Crippen LogP contribution is -2.18. The minimum atomic E-state index is -0.0722. The number of fused-ring (bicyclic) bond motifs is 6. The van der Waals surface area contributed by atoms with Gasteiger partial charge in [-0.3, -0.25) is 4.98 Å². The van der Waals surface area contributed by atoms with Gasteiger partial charge in [-0.05, 0) is 69.1 Å². The molecule has 0 radical (unpaired) electrons. The third-order valence-electron chi connectivity index (χ3n) is 9.65. The maximum absolute atomic E-state index is 4.71. The van der Waals surface area contributed by atoms with Gasteiger partial charge in [-0.25, -0.2) is 0 Å². The van der Waals surface area contributed by atoms with Gasteiger partial charge in [0.1, 0.15) is 0 Å². The predicted molar refractivity (Wildman–Crippen MR) is 184 cm³/mol. The average molecular weight is 563 g/mol. The van der Waals surface area contributed by atoms with Gasteiger partial charge in [0.2, 0.25) is 0 Å². The summed E-state index contributed by atoms with van der Waals surface area (Å²) >= 11 is 0. The summed E-state index contributed by atoms with van der Waals surface area (Å²) in [5.74, 6) is 0. The zero-order chi connectivity index (χ0) is 29.4. The van der Waals surface area contributed by atoms with Crippen LogP contribution in [0.4, 0.5) is 17.1 Å². The summed E-state index contributed by atoms with van der Waals surface area (Å²) < 4.78 is 0. The van der Waals surface area contributed by atoms with Crippen LogP contribution >= 0.6 is 0 Å². The summed E-state index contributed by atoms with van der Waals surface area (Å²) in [7, 11) is 0. The number of hydrogen-bond donors (Lipinski definition) is 0. The topological polar surface area (TPSA) is 16.1 Å². The lowest BCUT2D eigenvalue weighted by molar-refractivity contribution is 0.660. The van der Waals surface area contributed by atoms with Crippen molar-refractivity contribution in [3.05, 3.63) is 157 Å². The molecule has 0 saturated heterocycles. The molecule has 0 spiro atoms. The highest BCUT2D eigenvalue weighted by atomic mass is 15.2. The molecule has 1 aromatic heterocycles. The van der Waals surface area contributed by atoms with Crippen LogP contribution < -0.4 is 4.90 Å². The van der Waals surface area contributed by atoms with Crippen molar-refractivity contribution in [2.75, 3.05) is 4.90 Å². The summed E-state index contributed by atoms with van der Waals surface area (Å²) in [5.41, 5.74) is 16.1. The second-order valence-electron chi connectivity index (χ2n) is 12.4. The maximum Gasteiger partial charge on any atom is 0.0708 e. The smallest absolute Gasteiger partial charge is 0.0708 e. The van der Waals surface area contributed by atoms with Gasteiger partial charge in [0.15, 0.2) is 0 Å². The number of nitrogens with zero attached hydrogens (tertiary/aromatic N) is 2. The molecule has 6 aromatic carbocycles. The highest BCUT2D eigenvalue weighted by Gasteiger charge is 2.40. The van der Waals surface area contributed by atoms with E-state index in [1.54, 1.807) is 0 Å². The molecule has 0 unspecified atom stereocenters. The molecule has 0 fully saturated rings. The van der Waals surface area contributed by atoms with Crippen molar-refractivity contribution in [3.63, 3.8) is 0 Å². The van der Waals surface area contributed by atoms with Gasteiger partial charge in [-0.1, -0.05) is 123 Å². The van der Waals surface area contributed by atoms with Crippen LogP contribution in [0.2, 0.25) is 0 Å². The van der Waals surface area contributed by atoms with Crippen molar-refractivity contribution in [3.8, 4) is 44.6 Å². The van der Waals surface area contributed by atoms with E-state index in [2.05, 4.69) is 152 Å². The highest BCUT2D eigenvalue weighted by molar-refractivity contribution is 6.19. The molecular weight excluding hydrogens is 532 g/mol. The van der Waals surface area contributed by atoms with E-state index < -0.39 is 0 Å². The predicted octanol–water partition coefficient (Wildman–Crippen LogP) is 11.3. The van der Waals surface area contributed by atoms with Crippen LogP contribution in [-0.2, 0) is 5.41 Å². The van der Waals surface area contributed by atoms with E-state index in [0.717, 1.165) is 11.3 Å². The summed E-state index contributed by atoms with van der Waals surface area (Å²) in [6.07, 6.45) is 1.93. The van der Waals surface area contributed by atoms with Crippen LogP contribution in [0.15, 0.2) is 146 Å². The van der Waals surface area contributed by atoms with Crippen LogP contribution in [0.3, 0.4) is 0 Å². The fourth-order valence-electron chi connectivity index (χ4n) is 7.61. The Labute approximate surface area is 257 Å². The van der Waals surface area contributed by atoms with Gasteiger partial charge in [0.05, 0.1) is 17.1 Å². The Morgan fingerprint density at radius 3 is 2.11 bits per heavy atom. The third-order valence-corrected chi connectivity index (χ3v) is 9.65. The van der Waals surface area contributed by atoms with E-state index in [4.69, 9.17) is 4.98 Å². The Balaban J connectivity index is 1.35. The first-order valence-corrected chi connectivity index (χ1v) is 15.3. The summed E-state index contributed by atoms with van der Waals surface area (Å²) in [6, 6.07) is 50.8. The Morgan fingerprint density at radius 1 is 0.545 bits per heavy atom. The molecule has 2 heterocycles. The number of hydrogen-bond acceptors (Lipinski definition) is 2. The summed E-state index contributed by atoms with van der Waals surface area (Å²) in [5, 5.41) is 2.53. The molecule has 0 saturated carbocycles. The normalized spacial score (nSPS) is 13.8. The molecule has 44 heavy (non-hydrogen) atoms. The molecule has 0 bridgehead atoms. The summed E-state index contributed by atoms with van der Waals surface area (Å²) in [4.78, 5) is 7.22. The molecule has 2 nitrogen and oxygen atoms in total. The standard InChI is InChI=1S/C42H30N2/c1-42(2)35-18-10-9-16-34(35)40-36(42)23-22-33-32-21-20-30(28-24-25-43-37(26-28)27-12-5-3-6-13-27)31-17-11-19-38(39(31)32)44(41(33)40)29-14-7-4-8-15-29/h3-26H,1-2H3. The van der Waals surface area contributed by atoms with Crippen molar-refractivity contribution in [2.24, 2.45) is 0 Å². The molecule has 2 heteroatoms. The van der Waals surface area contributed by atoms with Crippen LogP contribution in [0.5, 0.6) is 0 Å². The Bertz CT molecular complexity index is 2250. The molecule has 0 atom stereocenters. The number of benzene rings is 6. The second-order valence-corrected chi connectivity index (χ2v) is 12.4. The minimum Gasteiger partial charge on any atom is -0.309 e. The molecule has 2 aliphatic rings. The minimum absolute atomic E-state index is 0.0722. The zero-order valence-electron chi connectivity index (χ0n) is 24.8. The fourth-order valence-corrected chi connectivity index (χ4v) is 7.61. The van der Waals surface area contributed by atoms with Gasteiger partial charge >= 0.3 is 0 Å². The van der Waals surface area contributed by atoms with Crippen LogP contribution in [0, 0.1) is 0 Å². The van der Waals surface area contributed by atoms with Crippen molar-refractivity contribution >= 4 is 27.8 Å².